The summed E-state index contributed by atoms with van der Waals surface area (Å²) in [5, 5.41) is 2.79. The molecule has 1 rings (SSSR count). The Balaban J connectivity index is 2.43. The highest BCUT2D eigenvalue weighted by Gasteiger charge is 2.29. The average molecular weight is 230 g/mol. The zero-order valence-electron chi connectivity index (χ0n) is 10.4. The van der Waals surface area contributed by atoms with Gasteiger partial charge in [-0.3, -0.25) is 0 Å². The summed E-state index contributed by atoms with van der Waals surface area (Å²) in [5.41, 5.74) is 5.38. The molecule has 5 heteroatoms. The molecule has 3 N–H and O–H groups in total. The Bertz CT molecular complexity index is 250. The molecule has 1 amide bonds. The lowest BCUT2D eigenvalue weighted by Gasteiger charge is -2.33. The van der Waals surface area contributed by atoms with E-state index in [0.717, 1.165) is 6.42 Å². The van der Waals surface area contributed by atoms with E-state index in [1.807, 2.05) is 27.7 Å². The largest absolute Gasteiger partial charge is 0.444 e. The molecule has 0 unspecified atom stereocenters. The Hall–Kier alpha value is -0.810. The van der Waals surface area contributed by atoms with Crippen LogP contribution >= 0.6 is 0 Å². The number of nitrogens with two attached hydrogens (primary N) is 1. The molecule has 94 valence electrons. The normalized spacial score (nSPS) is 30.9. The lowest BCUT2D eigenvalue weighted by Crippen LogP contribution is -2.55. The minimum absolute atomic E-state index is 0.0707. The number of carbonyl (C=O) groups is 1. The minimum Gasteiger partial charge on any atom is -0.444 e. The van der Waals surface area contributed by atoms with Gasteiger partial charge < -0.3 is 20.5 Å². The first-order valence-corrected chi connectivity index (χ1v) is 5.64. The Morgan fingerprint density at radius 1 is 1.50 bits per heavy atom. The third kappa shape index (κ3) is 4.37. The third-order valence-electron chi connectivity index (χ3n) is 2.38. The van der Waals surface area contributed by atoms with Gasteiger partial charge in [-0.1, -0.05) is 0 Å². The fourth-order valence-electron chi connectivity index (χ4n) is 1.62. The topological polar surface area (TPSA) is 73.6 Å². The first-order valence-electron chi connectivity index (χ1n) is 5.64. The predicted molar refractivity (Wildman–Crippen MR) is 61.2 cm³/mol. The zero-order chi connectivity index (χ0) is 12.3. The van der Waals surface area contributed by atoms with Crippen molar-refractivity contribution in [2.24, 2.45) is 5.73 Å². The van der Waals surface area contributed by atoms with Gasteiger partial charge in [-0.15, -0.1) is 0 Å². The van der Waals surface area contributed by atoms with Gasteiger partial charge in [0.25, 0.3) is 0 Å². The number of rotatable bonds is 1. The van der Waals surface area contributed by atoms with Crippen molar-refractivity contribution in [3.05, 3.63) is 0 Å². The zero-order valence-corrected chi connectivity index (χ0v) is 10.4. The van der Waals surface area contributed by atoms with Crippen LogP contribution in [0.4, 0.5) is 4.79 Å². The van der Waals surface area contributed by atoms with Crippen molar-refractivity contribution in [1.82, 2.24) is 5.32 Å². The summed E-state index contributed by atoms with van der Waals surface area (Å²) in [5.74, 6) is 0. The quantitative estimate of drug-likeness (QED) is 0.705. The van der Waals surface area contributed by atoms with Gasteiger partial charge in [0.2, 0.25) is 0 Å². The fraction of sp³-hybridized carbons (Fsp3) is 0.909. The van der Waals surface area contributed by atoms with Crippen LogP contribution in [0.25, 0.3) is 0 Å². The molecule has 0 aromatic rings. The molecule has 1 saturated heterocycles. The monoisotopic (exact) mass is 230 g/mol. The molecule has 1 aliphatic heterocycles. The van der Waals surface area contributed by atoms with Crippen LogP contribution in [0.5, 0.6) is 0 Å². The smallest absolute Gasteiger partial charge is 0.407 e. The number of hydrogen-bond acceptors (Lipinski definition) is 4. The highest BCUT2D eigenvalue weighted by Crippen LogP contribution is 2.14. The van der Waals surface area contributed by atoms with Gasteiger partial charge in [0.1, 0.15) is 5.60 Å². The average Bonchev–Trinajstić information content (AvgIpc) is 2.08. The molecule has 16 heavy (non-hydrogen) atoms. The van der Waals surface area contributed by atoms with Gasteiger partial charge in [-0.25, -0.2) is 4.79 Å². The second-order valence-corrected chi connectivity index (χ2v) is 5.30. The Morgan fingerprint density at radius 3 is 2.69 bits per heavy atom. The number of hydrogen-bond donors (Lipinski definition) is 2. The number of amides is 1. The van der Waals surface area contributed by atoms with Crippen LogP contribution in [0.3, 0.4) is 0 Å². The first kappa shape index (κ1) is 13.3. The van der Waals surface area contributed by atoms with Crippen molar-refractivity contribution in [3.63, 3.8) is 0 Å². The molecular formula is C11H22N2O3. The first-order chi connectivity index (χ1) is 7.28. The van der Waals surface area contributed by atoms with Crippen molar-refractivity contribution in [2.45, 2.75) is 57.9 Å². The van der Waals surface area contributed by atoms with Gasteiger partial charge in [-0.2, -0.15) is 0 Å². The highest BCUT2D eigenvalue weighted by atomic mass is 16.6. The van der Waals surface area contributed by atoms with Crippen LogP contribution < -0.4 is 11.1 Å². The molecule has 1 heterocycles. The Morgan fingerprint density at radius 2 is 2.12 bits per heavy atom. The van der Waals surface area contributed by atoms with Crippen LogP contribution in [0.1, 0.15) is 34.1 Å². The maximum Gasteiger partial charge on any atom is 0.407 e. The van der Waals surface area contributed by atoms with E-state index in [1.165, 1.54) is 0 Å². The van der Waals surface area contributed by atoms with Crippen molar-refractivity contribution >= 4 is 6.09 Å². The maximum absolute atomic E-state index is 11.5. The van der Waals surface area contributed by atoms with E-state index in [1.54, 1.807) is 0 Å². The molecule has 3 atom stereocenters. The van der Waals surface area contributed by atoms with E-state index in [4.69, 9.17) is 15.2 Å². The standard InChI is InChI=1S/C11H22N2O3/c1-7-5-9(8(12)6-15-7)13-10(14)16-11(2,3)4/h7-9H,5-6,12H2,1-4H3,(H,13,14)/t7-,8+,9-/m0/s1. The van der Waals surface area contributed by atoms with Crippen LogP contribution in [-0.4, -0.2) is 36.5 Å². The lowest BCUT2D eigenvalue weighted by molar-refractivity contribution is -0.00394. The number of alkyl carbamates (subject to hydrolysis) is 1. The van der Waals surface area contributed by atoms with Crippen molar-refractivity contribution in [1.29, 1.82) is 0 Å². The van der Waals surface area contributed by atoms with E-state index in [-0.39, 0.29) is 18.2 Å². The van der Waals surface area contributed by atoms with E-state index < -0.39 is 11.7 Å². The van der Waals surface area contributed by atoms with E-state index >= 15 is 0 Å². The van der Waals surface area contributed by atoms with Crippen molar-refractivity contribution in [2.75, 3.05) is 6.61 Å². The molecule has 5 nitrogen and oxygen atoms in total. The summed E-state index contributed by atoms with van der Waals surface area (Å²) >= 11 is 0. The molecule has 0 saturated carbocycles. The SMILES string of the molecule is C[C@H]1C[C@H](NC(=O)OC(C)(C)C)[C@H](N)CO1. The van der Waals surface area contributed by atoms with Gasteiger partial charge in [0, 0.05) is 6.04 Å². The Labute approximate surface area is 96.7 Å². The van der Waals surface area contributed by atoms with Crippen LogP contribution in [0.2, 0.25) is 0 Å². The second kappa shape index (κ2) is 5.01. The van der Waals surface area contributed by atoms with Gasteiger partial charge in [0.15, 0.2) is 0 Å². The lowest BCUT2D eigenvalue weighted by atomic mass is 10.0. The third-order valence-corrected chi connectivity index (χ3v) is 2.38. The molecule has 0 radical (unpaired) electrons. The number of nitrogens with one attached hydrogen (secondary N) is 1. The molecule has 1 aliphatic rings. The molecule has 0 spiro atoms. The summed E-state index contributed by atoms with van der Waals surface area (Å²) in [6, 6.07) is -0.234. The minimum atomic E-state index is -0.481. The Kier molecular flexibility index (Phi) is 4.15. The second-order valence-electron chi connectivity index (χ2n) is 5.30. The van der Waals surface area contributed by atoms with Crippen LogP contribution in [0, 0.1) is 0 Å². The molecule has 0 bridgehead atoms. The molecular weight excluding hydrogens is 208 g/mol. The van der Waals surface area contributed by atoms with E-state index in [2.05, 4.69) is 5.32 Å². The molecule has 1 fully saturated rings. The molecule has 0 aromatic heterocycles. The van der Waals surface area contributed by atoms with E-state index in [0.29, 0.717) is 6.61 Å². The van der Waals surface area contributed by atoms with E-state index in [9.17, 15) is 4.79 Å². The van der Waals surface area contributed by atoms with Crippen molar-refractivity contribution in [3.8, 4) is 0 Å². The van der Waals surface area contributed by atoms with Gasteiger partial charge in [-0.05, 0) is 34.1 Å². The highest BCUT2D eigenvalue weighted by molar-refractivity contribution is 5.68. The summed E-state index contributed by atoms with van der Waals surface area (Å²) in [4.78, 5) is 11.5. The predicted octanol–water partition coefficient (Wildman–Crippen LogP) is 1.02. The maximum atomic E-state index is 11.5. The summed E-state index contributed by atoms with van der Waals surface area (Å²) in [6.45, 7) is 7.94. The van der Waals surface area contributed by atoms with Gasteiger partial charge in [0.05, 0.1) is 18.8 Å². The summed E-state index contributed by atoms with van der Waals surface area (Å²) in [6.07, 6.45) is 0.433. The molecule has 0 aromatic carbocycles. The van der Waals surface area contributed by atoms with Crippen LogP contribution in [-0.2, 0) is 9.47 Å². The molecule has 0 aliphatic carbocycles. The van der Waals surface area contributed by atoms with Gasteiger partial charge >= 0.3 is 6.09 Å². The number of ether oxygens (including phenoxy) is 2. The van der Waals surface area contributed by atoms with Crippen molar-refractivity contribution < 1.29 is 14.3 Å². The summed E-state index contributed by atoms with van der Waals surface area (Å²) < 4.78 is 10.6. The fourth-order valence-corrected chi connectivity index (χ4v) is 1.62. The number of carbonyl (C=O) groups excluding carboxylic acids is 1. The summed E-state index contributed by atoms with van der Waals surface area (Å²) in [7, 11) is 0. The van der Waals surface area contributed by atoms with Crippen LogP contribution in [0.15, 0.2) is 0 Å².